The van der Waals surface area contributed by atoms with Crippen molar-refractivity contribution in [2.45, 2.75) is 26.4 Å². The van der Waals surface area contributed by atoms with E-state index in [1.165, 1.54) is 6.07 Å². The van der Waals surface area contributed by atoms with Crippen LogP contribution in [0.5, 0.6) is 0 Å². The minimum Gasteiger partial charge on any atom is -0.352 e. The van der Waals surface area contributed by atoms with E-state index in [2.05, 4.69) is 10.6 Å². The molecule has 0 aliphatic heterocycles. The smallest absolute Gasteiger partial charge is 0.224 e. The van der Waals surface area contributed by atoms with Crippen LogP contribution in [0.15, 0.2) is 48.5 Å². The second-order valence-electron chi connectivity index (χ2n) is 6.46. The molecule has 2 atom stereocenters. The molecular weight excluding hydrogens is 319 g/mol. The van der Waals surface area contributed by atoms with Crippen molar-refractivity contribution in [2.75, 3.05) is 0 Å². The molecule has 2 N–H and O–H groups in total. The maximum absolute atomic E-state index is 13.5. The normalized spacial score (nSPS) is 18.5. The van der Waals surface area contributed by atoms with Crippen LogP contribution in [0.25, 0.3) is 0 Å². The summed E-state index contributed by atoms with van der Waals surface area (Å²) in [5.74, 6) is -1.24. The van der Waals surface area contributed by atoms with Crippen LogP contribution in [0.4, 0.5) is 4.39 Å². The molecule has 1 aliphatic rings. The Balaban J connectivity index is 1.44. The molecule has 2 aromatic rings. The number of hydrogen-bond acceptors (Lipinski definition) is 2. The molecule has 0 heterocycles. The van der Waals surface area contributed by atoms with Crippen LogP contribution in [-0.2, 0) is 22.7 Å². The maximum atomic E-state index is 13.5. The van der Waals surface area contributed by atoms with Gasteiger partial charge in [-0.05, 0) is 25.0 Å². The van der Waals surface area contributed by atoms with E-state index in [1.54, 1.807) is 18.2 Å². The molecule has 2 aromatic carbocycles. The highest BCUT2D eigenvalue weighted by Gasteiger charge is 2.47. The Labute approximate surface area is 146 Å². The summed E-state index contributed by atoms with van der Waals surface area (Å²) in [5.41, 5.74) is 2.62. The van der Waals surface area contributed by atoms with Gasteiger partial charge in [0.25, 0.3) is 0 Å². The molecule has 0 bridgehead atoms. The fraction of sp³-hybridized carbons (Fsp3) is 0.300. The van der Waals surface area contributed by atoms with Gasteiger partial charge in [-0.1, -0.05) is 48.0 Å². The van der Waals surface area contributed by atoms with E-state index >= 15 is 0 Å². The average Bonchev–Trinajstić information content (AvgIpc) is 3.40. The van der Waals surface area contributed by atoms with Crippen molar-refractivity contribution in [2.24, 2.45) is 11.8 Å². The van der Waals surface area contributed by atoms with Crippen molar-refractivity contribution in [1.29, 1.82) is 0 Å². The molecule has 0 saturated heterocycles. The third-order valence-corrected chi connectivity index (χ3v) is 4.42. The average molecular weight is 340 g/mol. The lowest BCUT2D eigenvalue weighted by molar-refractivity contribution is -0.127. The zero-order valence-electron chi connectivity index (χ0n) is 14.1. The van der Waals surface area contributed by atoms with Crippen molar-refractivity contribution in [3.63, 3.8) is 0 Å². The molecule has 1 saturated carbocycles. The second kappa shape index (κ2) is 7.47. The number of aryl methyl sites for hydroxylation is 1. The molecule has 0 spiro atoms. The Bertz CT molecular complexity index is 791. The first-order valence-electron chi connectivity index (χ1n) is 8.39. The minimum absolute atomic E-state index is 0.104. The van der Waals surface area contributed by atoms with Gasteiger partial charge in [0.2, 0.25) is 11.8 Å². The van der Waals surface area contributed by atoms with E-state index in [1.807, 2.05) is 31.2 Å². The van der Waals surface area contributed by atoms with Gasteiger partial charge in [0, 0.05) is 18.7 Å². The van der Waals surface area contributed by atoms with Gasteiger partial charge in [-0.25, -0.2) is 4.39 Å². The van der Waals surface area contributed by atoms with Crippen molar-refractivity contribution in [3.8, 4) is 0 Å². The molecule has 4 nitrogen and oxygen atoms in total. The lowest BCUT2D eigenvalue weighted by Crippen LogP contribution is -2.30. The highest BCUT2D eigenvalue weighted by Crippen LogP contribution is 2.38. The monoisotopic (exact) mass is 340 g/mol. The summed E-state index contributed by atoms with van der Waals surface area (Å²) in [6.07, 6.45) is 0.544. The van der Waals surface area contributed by atoms with Gasteiger partial charge in [-0.2, -0.15) is 0 Å². The standard InChI is InChI=1S/C20H21FN2O2/c1-13-5-4-6-14(9-13)11-22-19(24)16-10-17(16)20(25)23-12-15-7-2-3-8-18(15)21/h2-9,16-17H,10-12H2,1H3,(H,22,24)(H,23,25). The zero-order chi connectivity index (χ0) is 17.8. The van der Waals surface area contributed by atoms with Crippen molar-refractivity contribution < 1.29 is 14.0 Å². The van der Waals surface area contributed by atoms with E-state index < -0.39 is 0 Å². The largest absolute Gasteiger partial charge is 0.352 e. The molecule has 5 heteroatoms. The Morgan fingerprint density at radius 3 is 2.36 bits per heavy atom. The Morgan fingerprint density at radius 2 is 1.68 bits per heavy atom. The molecule has 1 aliphatic carbocycles. The van der Waals surface area contributed by atoms with Gasteiger partial charge in [-0.3, -0.25) is 9.59 Å². The molecule has 0 aromatic heterocycles. The highest BCUT2D eigenvalue weighted by atomic mass is 19.1. The lowest BCUT2D eigenvalue weighted by atomic mass is 10.1. The summed E-state index contributed by atoms with van der Waals surface area (Å²) < 4.78 is 13.5. The number of carbonyl (C=O) groups excluding carboxylic acids is 2. The van der Waals surface area contributed by atoms with Gasteiger partial charge in [0.15, 0.2) is 0 Å². The van der Waals surface area contributed by atoms with Crippen molar-refractivity contribution >= 4 is 11.8 Å². The van der Waals surface area contributed by atoms with Gasteiger partial charge in [0.05, 0.1) is 11.8 Å². The van der Waals surface area contributed by atoms with Crippen LogP contribution in [-0.4, -0.2) is 11.8 Å². The van der Waals surface area contributed by atoms with E-state index in [4.69, 9.17) is 0 Å². The van der Waals surface area contributed by atoms with Gasteiger partial charge in [-0.15, -0.1) is 0 Å². The number of nitrogens with one attached hydrogen (secondary N) is 2. The summed E-state index contributed by atoms with van der Waals surface area (Å²) in [6, 6.07) is 14.3. The minimum atomic E-state index is -0.342. The Hall–Kier alpha value is -2.69. The molecule has 3 rings (SSSR count). The lowest BCUT2D eigenvalue weighted by Gasteiger charge is -2.07. The van der Waals surface area contributed by atoms with Gasteiger partial charge in [0.1, 0.15) is 5.82 Å². The molecule has 1 fully saturated rings. The summed E-state index contributed by atoms with van der Waals surface area (Å²) in [4.78, 5) is 24.3. The summed E-state index contributed by atoms with van der Waals surface area (Å²) in [6.45, 7) is 2.60. The molecular formula is C20H21FN2O2. The van der Waals surface area contributed by atoms with Gasteiger partial charge < -0.3 is 10.6 Å². The van der Waals surface area contributed by atoms with E-state index in [-0.39, 0.29) is 36.0 Å². The number of rotatable bonds is 6. The fourth-order valence-corrected chi connectivity index (χ4v) is 2.87. The van der Waals surface area contributed by atoms with E-state index in [9.17, 15) is 14.0 Å². The Kier molecular flexibility index (Phi) is 5.12. The van der Waals surface area contributed by atoms with Gasteiger partial charge >= 0.3 is 0 Å². The third kappa shape index (κ3) is 4.44. The zero-order valence-corrected chi connectivity index (χ0v) is 14.1. The Morgan fingerprint density at radius 1 is 1.00 bits per heavy atom. The predicted octanol–water partition coefficient (Wildman–Crippen LogP) is 2.70. The predicted molar refractivity (Wildman–Crippen MR) is 92.9 cm³/mol. The number of carbonyl (C=O) groups is 2. The van der Waals surface area contributed by atoms with Crippen LogP contribution < -0.4 is 10.6 Å². The summed E-state index contributed by atoms with van der Waals surface area (Å²) in [5, 5.41) is 5.59. The van der Waals surface area contributed by atoms with E-state index in [0.29, 0.717) is 18.5 Å². The first-order valence-corrected chi connectivity index (χ1v) is 8.39. The second-order valence-corrected chi connectivity index (χ2v) is 6.46. The van der Waals surface area contributed by atoms with Crippen LogP contribution >= 0.6 is 0 Å². The number of benzene rings is 2. The number of halogens is 1. The van der Waals surface area contributed by atoms with Crippen LogP contribution in [0.1, 0.15) is 23.1 Å². The van der Waals surface area contributed by atoms with E-state index in [0.717, 1.165) is 11.1 Å². The van der Waals surface area contributed by atoms with Crippen LogP contribution in [0, 0.1) is 24.6 Å². The third-order valence-electron chi connectivity index (χ3n) is 4.42. The fourth-order valence-electron chi connectivity index (χ4n) is 2.87. The molecule has 0 radical (unpaired) electrons. The number of amides is 2. The molecule has 25 heavy (non-hydrogen) atoms. The first-order chi connectivity index (χ1) is 12.0. The molecule has 2 amide bonds. The quantitative estimate of drug-likeness (QED) is 0.849. The highest BCUT2D eigenvalue weighted by molar-refractivity contribution is 5.92. The van der Waals surface area contributed by atoms with Crippen molar-refractivity contribution in [3.05, 3.63) is 71.0 Å². The molecule has 130 valence electrons. The van der Waals surface area contributed by atoms with Crippen LogP contribution in [0.2, 0.25) is 0 Å². The van der Waals surface area contributed by atoms with Crippen molar-refractivity contribution in [1.82, 2.24) is 10.6 Å². The number of hydrogen-bond donors (Lipinski definition) is 2. The molecule has 2 unspecified atom stereocenters. The topological polar surface area (TPSA) is 58.2 Å². The first kappa shape index (κ1) is 17.1. The maximum Gasteiger partial charge on any atom is 0.224 e. The van der Waals surface area contributed by atoms with Crippen LogP contribution in [0.3, 0.4) is 0 Å². The SMILES string of the molecule is Cc1cccc(CNC(=O)C2CC2C(=O)NCc2ccccc2F)c1. The summed E-state index contributed by atoms with van der Waals surface area (Å²) in [7, 11) is 0. The summed E-state index contributed by atoms with van der Waals surface area (Å²) >= 11 is 0.